The smallest absolute Gasteiger partial charge is 0.255 e. The number of hydrogen-bond acceptors (Lipinski definition) is 5. The number of sulfonamides is 1. The fourth-order valence-corrected chi connectivity index (χ4v) is 4.63. The highest BCUT2D eigenvalue weighted by Crippen LogP contribution is 2.21. The van der Waals surface area contributed by atoms with E-state index in [2.05, 4.69) is 17.1 Å². The summed E-state index contributed by atoms with van der Waals surface area (Å²) in [6, 6.07) is 19.6. The van der Waals surface area contributed by atoms with Crippen LogP contribution in [0.4, 0.5) is 0 Å². The summed E-state index contributed by atoms with van der Waals surface area (Å²) < 4.78 is 33.1. The second-order valence-corrected chi connectivity index (χ2v) is 10.1. The SMILES string of the molecule is C=CCOc1cccc(/C=N\NC(=O)CN(Cc2ccc(Cl)cc2)S(=O)(=O)c2ccc(Cl)cc2)c1. The minimum atomic E-state index is -4.01. The summed E-state index contributed by atoms with van der Waals surface area (Å²) in [5.74, 6) is 0.0233. The number of benzene rings is 3. The van der Waals surface area contributed by atoms with Crippen LogP contribution >= 0.6 is 23.2 Å². The first-order chi connectivity index (χ1) is 16.8. The van der Waals surface area contributed by atoms with Crippen LogP contribution in [0.25, 0.3) is 0 Å². The third-order valence-electron chi connectivity index (χ3n) is 4.67. The molecule has 1 amide bonds. The quantitative estimate of drug-likeness (QED) is 0.216. The van der Waals surface area contributed by atoms with Crippen LogP contribution < -0.4 is 10.2 Å². The third kappa shape index (κ3) is 7.93. The van der Waals surface area contributed by atoms with Crippen LogP contribution in [0.5, 0.6) is 5.75 Å². The Morgan fingerprint density at radius 2 is 1.69 bits per heavy atom. The molecule has 0 aliphatic rings. The van der Waals surface area contributed by atoms with Crippen molar-refractivity contribution in [2.24, 2.45) is 5.10 Å². The Bertz CT molecular complexity index is 1300. The van der Waals surface area contributed by atoms with Crippen molar-refractivity contribution in [3.05, 3.63) is 107 Å². The Balaban J connectivity index is 1.74. The van der Waals surface area contributed by atoms with E-state index in [1.165, 1.54) is 30.5 Å². The average Bonchev–Trinajstić information content (AvgIpc) is 2.84. The molecule has 0 bridgehead atoms. The van der Waals surface area contributed by atoms with Crippen LogP contribution in [0, 0.1) is 0 Å². The maximum Gasteiger partial charge on any atom is 0.255 e. The number of ether oxygens (including phenoxy) is 1. The van der Waals surface area contributed by atoms with E-state index in [0.717, 1.165) is 4.31 Å². The first-order valence-corrected chi connectivity index (χ1v) is 12.6. The van der Waals surface area contributed by atoms with Crippen LogP contribution in [-0.2, 0) is 21.4 Å². The zero-order valence-corrected chi connectivity index (χ0v) is 20.9. The highest BCUT2D eigenvalue weighted by atomic mass is 35.5. The highest BCUT2D eigenvalue weighted by molar-refractivity contribution is 7.89. The number of amides is 1. The van der Waals surface area contributed by atoms with Gasteiger partial charge in [0.15, 0.2) is 0 Å². The molecule has 7 nitrogen and oxygen atoms in total. The molecule has 0 fully saturated rings. The lowest BCUT2D eigenvalue weighted by Crippen LogP contribution is -2.39. The molecule has 3 aromatic rings. The molecule has 0 heterocycles. The molecule has 0 unspecified atom stereocenters. The van der Waals surface area contributed by atoms with Gasteiger partial charge in [-0.15, -0.1) is 0 Å². The molecule has 3 rings (SSSR count). The lowest BCUT2D eigenvalue weighted by molar-refractivity contribution is -0.121. The van der Waals surface area contributed by atoms with E-state index < -0.39 is 22.5 Å². The maximum atomic E-state index is 13.3. The van der Waals surface area contributed by atoms with Gasteiger partial charge in [0.05, 0.1) is 17.7 Å². The molecule has 0 saturated carbocycles. The largest absolute Gasteiger partial charge is 0.490 e. The van der Waals surface area contributed by atoms with E-state index in [1.54, 1.807) is 54.6 Å². The van der Waals surface area contributed by atoms with Crippen molar-refractivity contribution in [2.45, 2.75) is 11.4 Å². The topological polar surface area (TPSA) is 88.1 Å². The molecule has 0 radical (unpaired) electrons. The van der Waals surface area contributed by atoms with Gasteiger partial charge in [0.1, 0.15) is 12.4 Å². The van der Waals surface area contributed by atoms with E-state index >= 15 is 0 Å². The second-order valence-electron chi connectivity index (χ2n) is 7.32. The van der Waals surface area contributed by atoms with E-state index in [-0.39, 0.29) is 11.4 Å². The third-order valence-corrected chi connectivity index (χ3v) is 6.98. The second kappa shape index (κ2) is 12.5. The number of carbonyl (C=O) groups is 1. The number of rotatable bonds is 11. The molecule has 0 atom stereocenters. The van der Waals surface area contributed by atoms with Crippen molar-refractivity contribution in [1.82, 2.24) is 9.73 Å². The van der Waals surface area contributed by atoms with Gasteiger partial charge in [-0.1, -0.05) is 60.1 Å². The average molecular weight is 532 g/mol. The minimum absolute atomic E-state index is 0.0171. The Morgan fingerprint density at radius 3 is 2.34 bits per heavy atom. The molecule has 3 aromatic carbocycles. The van der Waals surface area contributed by atoms with Gasteiger partial charge in [-0.2, -0.15) is 9.41 Å². The fraction of sp³-hybridized carbons (Fsp3) is 0.120. The molecule has 10 heteroatoms. The van der Waals surface area contributed by atoms with Gasteiger partial charge in [-0.25, -0.2) is 13.8 Å². The predicted octanol–water partition coefficient (Wildman–Crippen LogP) is 4.90. The van der Waals surface area contributed by atoms with Gasteiger partial charge in [0.25, 0.3) is 5.91 Å². The molecule has 0 aliphatic heterocycles. The number of hydrogen-bond donors (Lipinski definition) is 1. The Hall–Kier alpha value is -3.17. The van der Waals surface area contributed by atoms with Crippen molar-refractivity contribution in [3.8, 4) is 5.75 Å². The Labute approximate surface area is 214 Å². The lowest BCUT2D eigenvalue weighted by atomic mass is 10.2. The van der Waals surface area contributed by atoms with E-state index in [4.69, 9.17) is 27.9 Å². The first-order valence-electron chi connectivity index (χ1n) is 10.4. The van der Waals surface area contributed by atoms with Crippen LogP contribution in [-0.4, -0.2) is 38.0 Å². The number of hydrazone groups is 1. The van der Waals surface area contributed by atoms with Gasteiger partial charge < -0.3 is 4.74 Å². The van der Waals surface area contributed by atoms with Crippen molar-refractivity contribution in [3.63, 3.8) is 0 Å². The molecule has 182 valence electrons. The standard InChI is InChI=1S/C25H23Cl2N3O4S/c1-2-14-34-23-5-3-4-20(15-23)16-28-29-25(31)18-30(17-19-6-8-21(26)9-7-19)35(32,33)24-12-10-22(27)11-13-24/h2-13,15-16H,1,14,17-18H2,(H,29,31)/b28-16-. The summed E-state index contributed by atoms with van der Waals surface area (Å²) in [4.78, 5) is 12.6. The summed E-state index contributed by atoms with van der Waals surface area (Å²) in [6.45, 7) is 3.48. The van der Waals surface area contributed by atoms with Crippen molar-refractivity contribution in [2.75, 3.05) is 13.2 Å². The zero-order valence-electron chi connectivity index (χ0n) is 18.6. The normalized spacial score (nSPS) is 11.5. The molecule has 0 aromatic heterocycles. The van der Waals surface area contributed by atoms with Crippen LogP contribution in [0.2, 0.25) is 10.0 Å². The zero-order chi connectivity index (χ0) is 25.3. The molecule has 0 saturated heterocycles. The predicted molar refractivity (Wildman–Crippen MR) is 138 cm³/mol. The van der Waals surface area contributed by atoms with Crippen LogP contribution in [0.3, 0.4) is 0 Å². The van der Waals surface area contributed by atoms with Gasteiger partial charge in [0, 0.05) is 16.6 Å². The monoisotopic (exact) mass is 531 g/mol. The van der Waals surface area contributed by atoms with Crippen LogP contribution in [0.15, 0.2) is 95.4 Å². The van der Waals surface area contributed by atoms with E-state index in [1.807, 2.05) is 0 Å². The van der Waals surface area contributed by atoms with E-state index in [9.17, 15) is 13.2 Å². The first kappa shape index (κ1) is 26.4. The van der Waals surface area contributed by atoms with E-state index in [0.29, 0.717) is 33.5 Å². The molecular formula is C25H23Cl2N3O4S. The Morgan fingerprint density at radius 1 is 1.03 bits per heavy atom. The number of nitrogens with zero attached hydrogens (tertiary/aromatic N) is 2. The summed E-state index contributed by atoms with van der Waals surface area (Å²) >= 11 is 11.8. The van der Waals surface area contributed by atoms with Gasteiger partial charge in [-0.05, 0) is 59.7 Å². The summed E-state index contributed by atoms with van der Waals surface area (Å²) in [5.41, 5.74) is 3.74. The van der Waals surface area contributed by atoms with Crippen molar-refractivity contribution in [1.29, 1.82) is 0 Å². The Kier molecular flexibility index (Phi) is 9.45. The summed E-state index contributed by atoms with van der Waals surface area (Å²) in [5, 5.41) is 4.87. The fourth-order valence-electron chi connectivity index (χ4n) is 2.99. The van der Waals surface area contributed by atoms with Gasteiger partial charge in [-0.3, -0.25) is 4.79 Å². The number of carbonyl (C=O) groups excluding carboxylic acids is 1. The molecule has 1 N–H and O–H groups in total. The highest BCUT2D eigenvalue weighted by Gasteiger charge is 2.27. The molecule has 35 heavy (non-hydrogen) atoms. The molecular weight excluding hydrogens is 509 g/mol. The van der Waals surface area contributed by atoms with Crippen molar-refractivity contribution < 1.29 is 17.9 Å². The van der Waals surface area contributed by atoms with Crippen molar-refractivity contribution >= 4 is 45.3 Å². The lowest BCUT2D eigenvalue weighted by Gasteiger charge is -2.21. The minimum Gasteiger partial charge on any atom is -0.490 e. The molecule has 0 aliphatic carbocycles. The van der Waals surface area contributed by atoms with Gasteiger partial charge >= 0.3 is 0 Å². The number of halogens is 2. The summed E-state index contributed by atoms with van der Waals surface area (Å²) in [7, 11) is -4.01. The van der Waals surface area contributed by atoms with Crippen LogP contribution in [0.1, 0.15) is 11.1 Å². The summed E-state index contributed by atoms with van der Waals surface area (Å²) in [6.07, 6.45) is 3.07. The van der Waals surface area contributed by atoms with Gasteiger partial charge in [0.2, 0.25) is 10.0 Å². The number of nitrogens with one attached hydrogen (secondary N) is 1. The molecule has 0 spiro atoms. The maximum absolute atomic E-state index is 13.3.